The van der Waals surface area contributed by atoms with E-state index in [1.165, 1.54) is 0 Å². The maximum Gasteiger partial charge on any atom is 0.172 e. The number of rotatable bonds is 3. The molecule has 0 radical (unpaired) electrons. The van der Waals surface area contributed by atoms with Crippen LogP contribution >= 0.6 is 15.9 Å². The van der Waals surface area contributed by atoms with Crippen molar-refractivity contribution in [3.63, 3.8) is 0 Å². The van der Waals surface area contributed by atoms with E-state index in [2.05, 4.69) is 25.9 Å². The number of nitrogens with zero attached hydrogens (tertiary/aromatic N) is 2. The van der Waals surface area contributed by atoms with Crippen LogP contribution < -0.4 is 0 Å². The van der Waals surface area contributed by atoms with Gasteiger partial charge in [0.2, 0.25) is 0 Å². The average Bonchev–Trinajstić information content (AvgIpc) is 3.03. The average molecular weight is 420 g/mol. The van der Waals surface area contributed by atoms with Gasteiger partial charge in [-0.1, -0.05) is 28.1 Å². The van der Waals surface area contributed by atoms with Gasteiger partial charge >= 0.3 is 0 Å². The number of hydrogen-bond acceptors (Lipinski definition) is 2. The number of halogens is 4. The number of H-pyrrole nitrogens is 1. The SMILES string of the molecule is Fc1ccc(F)c(-c2nc3c([nH]2)CN(Cc2ccc(Br)cc2)C=C3)c1F. The fourth-order valence-electron chi connectivity index (χ4n) is 2.91. The van der Waals surface area contributed by atoms with E-state index < -0.39 is 23.0 Å². The first-order chi connectivity index (χ1) is 12.5. The largest absolute Gasteiger partial charge is 0.367 e. The Morgan fingerprint density at radius 3 is 2.54 bits per heavy atom. The first-order valence-corrected chi connectivity index (χ1v) is 8.70. The Balaban J connectivity index is 1.60. The van der Waals surface area contributed by atoms with E-state index in [-0.39, 0.29) is 5.82 Å². The Hall–Kier alpha value is -2.54. The Bertz CT molecular complexity index is 996. The van der Waals surface area contributed by atoms with Gasteiger partial charge in [0, 0.05) is 17.2 Å². The highest BCUT2D eigenvalue weighted by molar-refractivity contribution is 9.10. The fraction of sp³-hybridized carbons (Fsp3) is 0.105. The maximum atomic E-state index is 14.0. The highest BCUT2D eigenvalue weighted by Gasteiger charge is 2.22. The molecule has 0 fully saturated rings. The summed E-state index contributed by atoms with van der Waals surface area (Å²) >= 11 is 3.40. The van der Waals surface area contributed by atoms with E-state index in [9.17, 15) is 13.2 Å². The molecular formula is C19H13BrF3N3. The van der Waals surface area contributed by atoms with Crippen molar-refractivity contribution in [3.8, 4) is 11.4 Å². The van der Waals surface area contributed by atoms with Crippen molar-refractivity contribution >= 4 is 22.0 Å². The Morgan fingerprint density at radius 1 is 1.04 bits per heavy atom. The molecule has 0 saturated carbocycles. The highest BCUT2D eigenvalue weighted by Crippen LogP contribution is 2.29. The zero-order valence-corrected chi connectivity index (χ0v) is 15.0. The minimum Gasteiger partial charge on any atom is -0.367 e. The van der Waals surface area contributed by atoms with E-state index in [0.717, 1.165) is 27.9 Å². The fourth-order valence-corrected chi connectivity index (χ4v) is 3.17. The summed E-state index contributed by atoms with van der Waals surface area (Å²) in [4.78, 5) is 9.19. The van der Waals surface area contributed by atoms with Gasteiger partial charge in [-0.15, -0.1) is 0 Å². The van der Waals surface area contributed by atoms with E-state index in [0.29, 0.717) is 18.8 Å². The second kappa shape index (κ2) is 6.64. The van der Waals surface area contributed by atoms with E-state index in [4.69, 9.17) is 0 Å². The van der Waals surface area contributed by atoms with Gasteiger partial charge in [-0.05, 0) is 35.9 Å². The molecule has 4 rings (SSSR count). The summed E-state index contributed by atoms with van der Waals surface area (Å²) in [5.41, 5.74) is 1.97. The molecule has 0 bridgehead atoms. The summed E-state index contributed by atoms with van der Waals surface area (Å²) in [7, 11) is 0. The van der Waals surface area contributed by atoms with Gasteiger partial charge in [-0.2, -0.15) is 0 Å². The summed E-state index contributed by atoms with van der Waals surface area (Å²) in [5.74, 6) is -3.22. The van der Waals surface area contributed by atoms with Crippen LogP contribution in [0.3, 0.4) is 0 Å². The number of benzene rings is 2. The van der Waals surface area contributed by atoms with E-state index in [1.54, 1.807) is 6.08 Å². The lowest BCUT2D eigenvalue weighted by Crippen LogP contribution is -2.19. The number of nitrogens with one attached hydrogen (secondary N) is 1. The molecule has 0 saturated heterocycles. The van der Waals surface area contributed by atoms with Gasteiger partial charge in [0.1, 0.15) is 11.6 Å². The van der Waals surface area contributed by atoms with Crippen LogP contribution in [0.25, 0.3) is 17.5 Å². The molecule has 3 aromatic rings. The third-order valence-electron chi connectivity index (χ3n) is 4.19. The van der Waals surface area contributed by atoms with Gasteiger partial charge in [-0.3, -0.25) is 0 Å². The zero-order chi connectivity index (χ0) is 18.3. The van der Waals surface area contributed by atoms with Crippen LogP contribution in [0.1, 0.15) is 17.0 Å². The summed E-state index contributed by atoms with van der Waals surface area (Å²) in [5, 5.41) is 0. The quantitative estimate of drug-likeness (QED) is 0.588. The first kappa shape index (κ1) is 16.9. The number of hydrogen-bond donors (Lipinski definition) is 1. The van der Waals surface area contributed by atoms with Crippen LogP contribution in [0.15, 0.2) is 47.1 Å². The molecule has 2 heterocycles. The molecule has 0 unspecified atom stereocenters. The molecule has 0 aliphatic carbocycles. The molecule has 1 aromatic heterocycles. The normalized spacial score (nSPS) is 13.2. The third kappa shape index (κ3) is 3.14. The zero-order valence-electron chi connectivity index (χ0n) is 13.4. The van der Waals surface area contributed by atoms with Crippen molar-refractivity contribution in [2.45, 2.75) is 13.1 Å². The van der Waals surface area contributed by atoms with E-state index in [1.807, 2.05) is 35.4 Å². The van der Waals surface area contributed by atoms with Gasteiger partial charge in [-0.25, -0.2) is 18.2 Å². The molecule has 0 atom stereocenters. The number of aromatic amines is 1. The lowest BCUT2D eigenvalue weighted by molar-refractivity contribution is 0.355. The maximum absolute atomic E-state index is 14.0. The molecule has 0 spiro atoms. The van der Waals surface area contributed by atoms with Crippen LogP contribution in [0.5, 0.6) is 0 Å². The molecule has 1 N–H and O–H groups in total. The Morgan fingerprint density at radius 2 is 1.77 bits per heavy atom. The van der Waals surface area contributed by atoms with Crippen LogP contribution in [-0.4, -0.2) is 14.9 Å². The smallest absolute Gasteiger partial charge is 0.172 e. The molecule has 1 aliphatic rings. The predicted octanol–water partition coefficient (Wildman–Crippen LogP) is 5.24. The van der Waals surface area contributed by atoms with Gasteiger partial charge < -0.3 is 9.88 Å². The molecule has 3 nitrogen and oxygen atoms in total. The molecule has 26 heavy (non-hydrogen) atoms. The summed E-state index contributed by atoms with van der Waals surface area (Å²) in [6, 6.07) is 9.63. The highest BCUT2D eigenvalue weighted by atomic mass is 79.9. The van der Waals surface area contributed by atoms with Gasteiger partial charge in [0.05, 0.1) is 23.5 Å². The summed E-state index contributed by atoms with van der Waals surface area (Å²) < 4.78 is 42.4. The second-order valence-electron chi connectivity index (χ2n) is 6.01. The van der Waals surface area contributed by atoms with Crippen LogP contribution in [0, 0.1) is 17.5 Å². The molecule has 0 amide bonds. The monoisotopic (exact) mass is 419 g/mol. The predicted molar refractivity (Wildman–Crippen MR) is 96.3 cm³/mol. The molecule has 2 aromatic carbocycles. The Kier molecular flexibility index (Phi) is 4.32. The van der Waals surface area contributed by atoms with Gasteiger partial charge in [0.15, 0.2) is 11.6 Å². The summed E-state index contributed by atoms with van der Waals surface area (Å²) in [6.07, 6.45) is 3.65. The van der Waals surface area contributed by atoms with Crippen LogP contribution in [0.4, 0.5) is 13.2 Å². The van der Waals surface area contributed by atoms with Crippen molar-refractivity contribution in [2.75, 3.05) is 0 Å². The van der Waals surface area contributed by atoms with Crippen molar-refractivity contribution in [3.05, 3.63) is 81.5 Å². The third-order valence-corrected chi connectivity index (χ3v) is 4.72. The van der Waals surface area contributed by atoms with Gasteiger partial charge in [0.25, 0.3) is 0 Å². The minimum absolute atomic E-state index is 0.0142. The van der Waals surface area contributed by atoms with Crippen LogP contribution in [0.2, 0.25) is 0 Å². The number of imidazole rings is 1. The van der Waals surface area contributed by atoms with E-state index >= 15 is 0 Å². The number of fused-ring (bicyclic) bond motifs is 1. The topological polar surface area (TPSA) is 31.9 Å². The van der Waals surface area contributed by atoms with Crippen molar-refractivity contribution < 1.29 is 13.2 Å². The molecular weight excluding hydrogens is 407 g/mol. The second-order valence-corrected chi connectivity index (χ2v) is 6.93. The van der Waals surface area contributed by atoms with Crippen molar-refractivity contribution in [1.29, 1.82) is 0 Å². The Labute approximate surface area is 156 Å². The lowest BCUT2D eigenvalue weighted by Gasteiger charge is -2.23. The minimum atomic E-state index is -1.24. The molecule has 132 valence electrons. The molecule has 1 aliphatic heterocycles. The lowest BCUT2D eigenvalue weighted by atomic mass is 10.2. The van der Waals surface area contributed by atoms with Crippen molar-refractivity contribution in [1.82, 2.24) is 14.9 Å². The molecule has 7 heteroatoms. The standard InChI is InChI=1S/C19H13BrF3N3/c20-12-3-1-11(2-4-12)9-26-8-7-15-16(10-26)25-19(24-15)17-13(21)5-6-14(22)18(17)23/h1-8H,9-10H2,(H,24,25). The van der Waals surface area contributed by atoms with Crippen LogP contribution in [-0.2, 0) is 13.1 Å². The first-order valence-electron chi connectivity index (χ1n) is 7.90. The summed E-state index contributed by atoms with van der Waals surface area (Å²) in [6.45, 7) is 1.19. The van der Waals surface area contributed by atoms with Crippen molar-refractivity contribution in [2.24, 2.45) is 0 Å². The number of aromatic nitrogens is 2.